The van der Waals surface area contributed by atoms with E-state index in [2.05, 4.69) is 48.5 Å². The molecule has 0 rings (SSSR count). The zero-order valence-electron chi connectivity index (χ0n) is 11.3. The summed E-state index contributed by atoms with van der Waals surface area (Å²) in [5, 5.41) is 0. The van der Waals surface area contributed by atoms with Crippen LogP contribution < -0.4 is 0 Å². The maximum atomic E-state index is 10.6. The lowest BCUT2D eigenvalue weighted by atomic mass is 9.67. The summed E-state index contributed by atoms with van der Waals surface area (Å²) in [7, 11) is 0. The van der Waals surface area contributed by atoms with Crippen LogP contribution in [0.15, 0.2) is 11.1 Å². The Hall–Kier alpha value is -0.590. The molecule has 1 heteroatoms. The molecule has 0 spiro atoms. The first-order chi connectivity index (χ1) is 6.75. The van der Waals surface area contributed by atoms with Crippen LogP contribution in [-0.4, -0.2) is 6.29 Å². The van der Waals surface area contributed by atoms with Gasteiger partial charge in [-0.3, -0.25) is 0 Å². The van der Waals surface area contributed by atoms with Gasteiger partial charge in [0.1, 0.15) is 6.29 Å². The third kappa shape index (κ3) is 3.48. The lowest BCUT2D eigenvalue weighted by Crippen LogP contribution is -2.30. The van der Waals surface area contributed by atoms with E-state index >= 15 is 0 Å². The van der Waals surface area contributed by atoms with Crippen LogP contribution in [0, 0.1) is 17.3 Å². The van der Waals surface area contributed by atoms with Gasteiger partial charge in [0.15, 0.2) is 0 Å². The van der Waals surface area contributed by atoms with Crippen LogP contribution in [0.2, 0.25) is 0 Å². The molecule has 0 fully saturated rings. The Morgan fingerprint density at radius 1 is 1.20 bits per heavy atom. The van der Waals surface area contributed by atoms with Crippen molar-refractivity contribution in [1.82, 2.24) is 0 Å². The van der Waals surface area contributed by atoms with Crippen molar-refractivity contribution in [3.8, 4) is 0 Å². The van der Waals surface area contributed by atoms with Crippen molar-refractivity contribution in [2.75, 3.05) is 0 Å². The van der Waals surface area contributed by atoms with Gasteiger partial charge in [-0.2, -0.15) is 0 Å². The summed E-state index contributed by atoms with van der Waals surface area (Å²) in [5.74, 6) is 0.955. The Balaban J connectivity index is 4.87. The third-order valence-corrected chi connectivity index (χ3v) is 4.27. The Kier molecular flexibility index (Phi) is 5.27. The van der Waals surface area contributed by atoms with Crippen LogP contribution in [0.25, 0.3) is 0 Å². The second kappa shape index (κ2) is 5.48. The molecule has 1 nitrogen and oxygen atoms in total. The van der Waals surface area contributed by atoms with Crippen LogP contribution in [0.4, 0.5) is 0 Å². The maximum Gasteiger partial charge on any atom is 0.120 e. The quantitative estimate of drug-likeness (QED) is 0.490. The highest BCUT2D eigenvalue weighted by molar-refractivity contribution is 5.49. The number of hydrogen-bond donors (Lipinski definition) is 0. The molecule has 0 aliphatic heterocycles. The van der Waals surface area contributed by atoms with Crippen LogP contribution in [0.1, 0.15) is 54.9 Å². The summed E-state index contributed by atoms with van der Waals surface area (Å²) in [6.45, 7) is 15.5. The smallest absolute Gasteiger partial charge is 0.120 e. The molecule has 0 heterocycles. The molecule has 0 N–H and O–H groups in total. The van der Waals surface area contributed by atoms with E-state index in [9.17, 15) is 4.79 Å². The van der Waals surface area contributed by atoms with E-state index in [1.165, 1.54) is 11.1 Å². The van der Waals surface area contributed by atoms with Crippen molar-refractivity contribution in [3.05, 3.63) is 11.1 Å². The summed E-state index contributed by atoms with van der Waals surface area (Å²) < 4.78 is 0. The van der Waals surface area contributed by atoms with E-state index in [1.54, 1.807) is 0 Å². The molecule has 0 amide bonds. The Morgan fingerprint density at radius 3 is 2.00 bits per heavy atom. The fraction of sp³-hybridized carbons (Fsp3) is 0.786. The minimum absolute atomic E-state index is 0.183. The molecule has 0 saturated heterocycles. The molecule has 0 radical (unpaired) electrons. The molecule has 0 saturated carbocycles. The number of carbonyl (C=O) groups excluding carboxylic acids is 1. The Labute approximate surface area is 95.0 Å². The lowest BCUT2D eigenvalue weighted by molar-refractivity contribution is -0.109. The molecule has 15 heavy (non-hydrogen) atoms. The van der Waals surface area contributed by atoms with E-state index in [-0.39, 0.29) is 5.41 Å². The van der Waals surface area contributed by atoms with E-state index in [1.807, 2.05) is 0 Å². The Morgan fingerprint density at radius 2 is 1.67 bits per heavy atom. The Bertz CT molecular complexity index is 244. The predicted molar refractivity (Wildman–Crippen MR) is 66.8 cm³/mol. The first-order valence-corrected chi connectivity index (χ1v) is 5.82. The van der Waals surface area contributed by atoms with Gasteiger partial charge in [-0.1, -0.05) is 38.8 Å². The average Bonchev–Trinajstić information content (AvgIpc) is 2.15. The molecule has 2 atom stereocenters. The minimum atomic E-state index is 0.183. The first kappa shape index (κ1) is 14.4. The zero-order chi connectivity index (χ0) is 12.2. The van der Waals surface area contributed by atoms with Gasteiger partial charge in [-0.25, -0.2) is 0 Å². The van der Waals surface area contributed by atoms with E-state index in [0.717, 1.165) is 6.29 Å². The van der Waals surface area contributed by atoms with Crippen molar-refractivity contribution in [3.63, 3.8) is 0 Å². The monoisotopic (exact) mass is 210 g/mol. The first-order valence-electron chi connectivity index (χ1n) is 5.82. The van der Waals surface area contributed by atoms with Gasteiger partial charge in [-0.05, 0) is 38.0 Å². The van der Waals surface area contributed by atoms with Gasteiger partial charge in [0.25, 0.3) is 0 Å². The van der Waals surface area contributed by atoms with E-state index in [4.69, 9.17) is 0 Å². The van der Waals surface area contributed by atoms with E-state index < -0.39 is 0 Å². The second-order valence-electron chi connectivity index (χ2n) is 5.53. The largest absolute Gasteiger partial charge is 0.303 e. The SMILES string of the molecule is CC(C)=C(C)C(C)C(C)(C)C(C)CC=O. The van der Waals surface area contributed by atoms with Crippen LogP contribution in [0.3, 0.4) is 0 Å². The van der Waals surface area contributed by atoms with Crippen LogP contribution >= 0.6 is 0 Å². The maximum absolute atomic E-state index is 10.6. The van der Waals surface area contributed by atoms with Crippen LogP contribution in [-0.2, 0) is 4.79 Å². The van der Waals surface area contributed by atoms with E-state index in [0.29, 0.717) is 18.3 Å². The van der Waals surface area contributed by atoms with Crippen molar-refractivity contribution in [1.29, 1.82) is 0 Å². The molecule has 0 aromatic carbocycles. The van der Waals surface area contributed by atoms with Gasteiger partial charge in [0.05, 0.1) is 0 Å². The van der Waals surface area contributed by atoms with Gasteiger partial charge >= 0.3 is 0 Å². The normalized spacial score (nSPS) is 15.7. The van der Waals surface area contributed by atoms with Crippen molar-refractivity contribution in [2.45, 2.75) is 54.9 Å². The van der Waals surface area contributed by atoms with Crippen molar-refractivity contribution in [2.24, 2.45) is 17.3 Å². The molecular weight excluding hydrogens is 184 g/mol. The molecule has 2 unspecified atom stereocenters. The third-order valence-electron chi connectivity index (χ3n) is 4.27. The van der Waals surface area contributed by atoms with Crippen LogP contribution in [0.5, 0.6) is 0 Å². The minimum Gasteiger partial charge on any atom is -0.303 e. The highest BCUT2D eigenvalue weighted by Crippen LogP contribution is 2.40. The molecule has 0 bridgehead atoms. The fourth-order valence-corrected chi connectivity index (χ4v) is 1.87. The average molecular weight is 210 g/mol. The molecule has 0 aliphatic rings. The highest BCUT2D eigenvalue weighted by Gasteiger charge is 2.32. The lowest BCUT2D eigenvalue weighted by Gasteiger charge is -2.38. The fourth-order valence-electron chi connectivity index (χ4n) is 1.87. The second-order valence-corrected chi connectivity index (χ2v) is 5.53. The van der Waals surface area contributed by atoms with Gasteiger partial charge in [0.2, 0.25) is 0 Å². The van der Waals surface area contributed by atoms with Crippen molar-refractivity contribution >= 4 is 6.29 Å². The number of aldehydes is 1. The number of hydrogen-bond acceptors (Lipinski definition) is 1. The summed E-state index contributed by atoms with van der Waals surface area (Å²) in [4.78, 5) is 10.6. The number of rotatable bonds is 5. The summed E-state index contributed by atoms with van der Waals surface area (Å²) >= 11 is 0. The topological polar surface area (TPSA) is 17.1 Å². The summed E-state index contributed by atoms with van der Waals surface area (Å²) in [5.41, 5.74) is 3.04. The zero-order valence-corrected chi connectivity index (χ0v) is 11.3. The highest BCUT2D eigenvalue weighted by atomic mass is 16.1. The molecule has 0 aromatic heterocycles. The molecule has 88 valence electrons. The van der Waals surface area contributed by atoms with Gasteiger partial charge < -0.3 is 4.79 Å². The molecule has 0 aliphatic carbocycles. The number of allylic oxidation sites excluding steroid dienone is 2. The number of carbonyl (C=O) groups is 1. The predicted octanol–water partition coefficient (Wildman–Crippen LogP) is 4.23. The molecule has 0 aromatic rings. The molecular formula is C14H26O. The summed E-state index contributed by atoms with van der Waals surface area (Å²) in [6, 6.07) is 0. The standard InChI is InChI=1S/C14H26O/c1-10(2)12(4)13(5)14(6,7)11(3)8-9-15/h9,11,13H,8H2,1-7H3. The van der Waals surface area contributed by atoms with Gasteiger partial charge in [0, 0.05) is 6.42 Å². The summed E-state index contributed by atoms with van der Waals surface area (Å²) in [6.07, 6.45) is 1.70. The van der Waals surface area contributed by atoms with Crippen molar-refractivity contribution < 1.29 is 4.79 Å². The van der Waals surface area contributed by atoms with Gasteiger partial charge in [-0.15, -0.1) is 0 Å².